The summed E-state index contributed by atoms with van der Waals surface area (Å²) in [5.74, 6) is -0.0443. The first-order valence-electron chi connectivity index (χ1n) is 7.00. The molecule has 5 nitrogen and oxygen atoms in total. The summed E-state index contributed by atoms with van der Waals surface area (Å²) in [5.41, 5.74) is 0.980. The molecule has 1 aliphatic carbocycles. The number of cyclic esters (lactones) is 1. The third kappa shape index (κ3) is 3.10. The summed E-state index contributed by atoms with van der Waals surface area (Å²) in [6, 6.07) is 9.95. The Hall–Kier alpha value is -2.04. The molecule has 1 aliphatic heterocycles. The lowest BCUT2D eigenvalue weighted by molar-refractivity contribution is -0.120. The molecule has 1 atom stereocenters. The van der Waals surface area contributed by atoms with E-state index in [1.54, 1.807) is 4.90 Å². The minimum atomic E-state index is -0.241. The molecule has 1 aromatic rings. The van der Waals surface area contributed by atoms with Gasteiger partial charge in [0.15, 0.2) is 0 Å². The Balaban J connectivity index is 1.43. The van der Waals surface area contributed by atoms with Gasteiger partial charge in [-0.25, -0.2) is 4.79 Å². The summed E-state index contributed by atoms with van der Waals surface area (Å²) in [5, 5.41) is 2.83. The van der Waals surface area contributed by atoms with E-state index in [0.29, 0.717) is 25.6 Å². The van der Waals surface area contributed by atoms with Crippen LogP contribution in [0.2, 0.25) is 0 Å². The zero-order valence-corrected chi connectivity index (χ0v) is 11.2. The van der Waals surface area contributed by atoms with Crippen LogP contribution in [0.3, 0.4) is 0 Å². The summed E-state index contributed by atoms with van der Waals surface area (Å²) >= 11 is 0. The quantitative estimate of drug-likeness (QED) is 0.881. The number of ether oxygens (including phenoxy) is 1. The van der Waals surface area contributed by atoms with E-state index in [0.717, 1.165) is 18.4 Å². The molecule has 1 saturated heterocycles. The van der Waals surface area contributed by atoms with Crippen LogP contribution in [-0.2, 0) is 16.0 Å². The molecule has 2 fully saturated rings. The van der Waals surface area contributed by atoms with E-state index in [-0.39, 0.29) is 18.1 Å². The van der Waals surface area contributed by atoms with Crippen LogP contribution >= 0.6 is 0 Å². The van der Waals surface area contributed by atoms with E-state index < -0.39 is 0 Å². The fourth-order valence-corrected chi connectivity index (χ4v) is 2.40. The van der Waals surface area contributed by atoms with Crippen LogP contribution in [-0.4, -0.2) is 42.1 Å². The lowest BCUT2D eigenvalue weighted by Gasteiger charge is -2.11. The van der Waals surface area contributed by atoms with Crippen molar-refractivity contribution >= 4 is 12.0 Å². The van der Waals surface area contributed by atoms with Crippen LogP contribution in [0.4, 0.5) is 4.79 Å². The first-order valence-corrected chi connectivity index (χ1v) is 7.00. The van der Waals surface area contributed by atoms with Crippen molar-refractivity contribution in [2.45, 2.75) is 31.4 Å². The highest BCUT2D eigenvalue weighted by Crippen LogP contribution is 2.30. The predicted molar refractivity (Wildman–Crippen MR) is 73.2 cm³/mol. The maximum absolute atomic E-state index is 11.8. The Labute approximate surface area is 117 Å². The van der Waals surface area contributed by atoms with Crippen LogP contribution in [0.1, 0.15) is 18.4 Å². The van der Waals surface area contributed by atoms with Gasteiger partial charge in [-0.05, 0) is 18.4 Å². The van der Waals surface area contributed by atoms with Crippen molar-refractivity contribution < 1.29 is 14.3 Å². The second-order valence-electron chi connectivity index (χ2n) is 5.36. The standard InChI is InChI=1S/C15H18N2O3/c18-14(8-11-4-2-1-3-5-11)16-9-13-10-17(12-6-7-12)15(19)20-13/h1-5,12-13H,6-10H2,(H,16,18). The van der Waals surface area contributed by atoms with Crippen molar-refractivity contribution in [3.63, 3.8) is 0 Å². The lowest BCUT2D eigenvalue weighted by Crippen LogP contribution is -2.35. The molecule has 5 heteroatoms. The van der Waals surface area contributed by atoms with E-state index >= 15 is 0 Å². The molecule has 1 saturated carbocycles. The highest BCUT2D eigenvalue weighted by atomic mass is 16.6. The number of carbonyl (C=O) groups excluding carboxylic acids is 2. The fraction of sp³-hybridized carbons (Fsp3) is 0.467. The molecule has 1 N–H and O–H groups in total. The minimum Gasteiger partial charge on any atom is -0.442 e. The van der Waals surface area contributed by atoms with Gasteiger partial charge in [0.1, 0.15) is 6.10 Å². The van der Waals surface area contributed by atoms with Gasteiger partial charge >= 0.3 is 6.09 Å². The SMILES string of the molecule is O=C(Cc1ccccc1)NCC1CN(C2CC2)C(=O)O1. The first-order chi connectivity index (χ1) is 9.72. The van der Waals surface area contributed by atoms with Crippen LogP contribution < -0.4 is 5.32 Å². The molecule has 0 aromatic heterocycles. The van der Waals surface area contributed by atoms with Crippen molar-refractivity contribution in [3.05, 3.63) is 35.9 Å². The second-order valence-corrected chi connectivity index (χ2v) is 5.36. The molecule has 1 unspecified atom stereocenters. The number of rotatable bonds is 5. The molecule has 1 aromatic carbocycles. The first kappa shape index (κ1) is 13.0. The van der Waals surface area contributed by atoms with Crippen molar-refractivity contribution in [1.29, 1.82) is 0 Å². The molecular weight excluding hydrogens is 256 g/mol. The van der Waals surface area contributed by atoms with Crippen LogP contribution in [0.15, 0.2) is 30.3 Å². The van der Waals surface area contributed by atoms with Crippen molar-refractivity contribution in [2.24, 2.45) is 0 Å². The van der Waals surface area contributed by atoms with Gasteiger partial charge in [-0.1, -0.05) is 30.3 Å². The zero-order valence-electron chi connectivity index (χ0n) is 11.2. The summed E-state index contributed by atoms with van der Waals surface area (Å²) in [6.45, 7) is 0.982. The van der Waals surface area contributed by atoms with E-state index in [2.05, 4.69) is 5.32 Å². The maximum atomic E-state index is 11.8. The van der Waals surface area contributed by atoms with E-state index in [9.17, 15) is 9.59 Å². The van der Waals surface area contributed by atoms with Crippen LogP contribution in [0.5, 0.6) is 0 Å². The Bertz CT molecular complexity index is 499. The average Bonchev–Trinajstić information content (AvgIpc) is 3.21. The van der Waals surface area contributed by atoms with Crippen LogP contribution in [0.25, 0.3) is 0 Å². The van der Waals surface area contributed by atoms with Gasteiger partial charge in [0.05, 0.1) is 19.5 Å². The fourth-order valence-electron chi connectivity index (χ4n) is 2.40. The lowest BCUT2D eigenvalue weighted by atomic mass is 10.1. The molecule has 0 bridgehead atoms. The average molecular weight is 274 g/mol. The largest absolute Gasteiger partial charge is 0.442 e. The maximum Gasteiger partial charge on any atom is 0.410 e. The van der Waals surface area contributed by atoms with E-state index in [1.807, 2.05) is 30.3 Å². The predicted octanol–water partition coefficient (Wildman–Crippen LogP) is 1.33. The summed E-state index contributed by atoms with van der Waals surface area (Å²) in [6.07, 6.45) is 2.04. The van der Waals surface area contributed by atoms with E-state index in [1.165, 1.54) is 0 Å². The number of benzene rings is 1. The third-order valence-corrected chi connectivity index (χ3v) is 3.62. The van der Waals surface area contributed by atoms with Gasteiger partial charge in [-0.15, -0.1) is 0 Å². The highest BCUT2D eigenvalue weighted by molar-refractivity contribution is 5.78. The molecular formula is C15H18N2O3. The van der Waals surface area contributed by atoms with Crippen molar-refractivity contribution in [1.82, 2.24) is 10.2 Å². The molecule has 1 heterocycles. The van der Waals surface area contributed by atoms with Gasteiger partial charge in [0.25, 0.3) is 0 Å². The number of nitrogens with one attached hydrogen (secondary N) is 1. The van der Waals surface area contributed by atoms with Crippen molar-refractivity contribution in [3.8, 4) is 0 Å². The smallest absolute Gasteiger partial charge is 0.410 e. The van der Waals surface area contributed by atoms with Gasteiger partial charge in [-0.3, -0.25) is 4.79 Å². The summed E-state index contributed by atoms with van der Waals surface area (Å²) in [4.78, 5) is 25.2. The Morgan fingerprint density at radius 1 is 1.30 bits per heavy atom. The topological polar surface area (TPSA) is 58.6 Å². The van der Waals surface area contributed by atoms with Gasteiger partial charge < -0.3 is 15.0 Å². The highest BCUT2D eigenvalue weighted by Gasteiger charge is 2.40. The van der Waals surface area contributed by atoms with Crippen LogP contribution in [0, 0.1) is 0 Å². The Kier molecular flexibility index (Phi) is 3.58. The normalized spacial score (nSPS) is 21.7. The number of amides is 2. The van der Waals surface area contributed by atoms with Gasteiger partial charge in [0, 0.05) is 6.04 Å². The monoisotopic (exact) mass is 274 g/mol. The molecule has 20 heavy (non-hydrogen) atoms. The molecule has 106 valence electrons. The third-order valence-electron chi connectivity index (χ3n) is 3.62. The van der Waals surface area contributed by atoms with E-state index in [4.69, 9.17) is 4.74 Å². The second kappa shape index (κ2) is 5.53. The minimum absolute atomic E-state index is 0.0443. The Morgan fingerprint density at radius 3 is 2.75 bits per heavy atom. The zero-order chi connectivity index (χ0) is 13.9. The molecule has 0 spiro atoms. The summed E-state index contributed by atoms with van der Waals surface area (Å²) in [7, 11) is 0. The molecule has 0 radical (unpaired) electrons. The summed E-state index contributed by atoms with van der Waals surface area (Å²) < 4.78 is 5.25. The number of carbonyl (C=O) groups is 2. The Morgan fingerprint density at radius 2 is 2.05 bits per heavy atom. The number of hydrogen-bond donors (Lipinski definition) is 1. The van der Waals surface area contributed by atoms with Gasteiger partial charge in [0.2, 0.25) is 5.91 Å². The van der Waals surface area contributed by atoms with Gasteiger partial charge in [-0.2, -0.15) is 0 Å². The molecule has 2 amide bonds. The number of hydrogen-bond acceptors (Lipinski definition) is 3. The molecule has 2 aliphatic rings. The molecule has 3 rings (SSSR count). The number of nitrogens with zero attached hydrogens (tertiary/aromatic N) is 1. The van der Waals surface area contributed by atoms with Crippen molar-refractivity contribution in [2.75, 3.05) is 13.1 Å².